The molecule has 14 heteroatoms. The summed E-state index contributed by atoms with van der Waals surface area (Å²) in [7, 11) is -5.11. The molecule has 0 heterocycles. The van der Waals surface area contributed by atoms with E-state index in [1.54, 1.807) is 0 Å². The summed E-state index contributed by atoms with van der Waals surface area (Å²) in [6.07, 6.45) is 22.3. The number of allylic oxidation sites excluding steroid dienone is 4. The zero-order valence-electron chi connectivity index (χ0n) is 35.1. The van der Waals surface area contributed by atoms with Crippen molar-refractivity contribution in [1.82, 2.24) is 0 Å². The zero-order valence-corrected chi connectivity index (χ0v) is 36.0. The van der Waals surface area contributed by atoms with Gasteiger partial charge in [-0.05, 0) is 38.5 Å². The Balaban J connectivity index is 2.49. The molecule has 57 heavy (non-hydrogen) atoms. The van der Waals surface area contributed by atoms with Crippen LogP contribution in [0.15, 0.2) is 24.3 Å². The molecule has 6 unspecified atom stereocenters. The number of ether oxygens (including phenoxy) is 2. The van der Waals surface area contributed by atoms with Gasteiger partial charge >= 0.3 is 19.8 Å². The number of hydrogen-bond donors (Lipinski definition) is 6. The average Bonchev–Trinajstić information content (AvgIpc) is 3.19. The van der Waals surface area contributed by atoms with E-state index in [-0.39, 0.29) is 12.8 Å². The van der Waals surface area contributed by atoms with Crippen molar-refractivity contribution in [3.05, 3.63) is 24.3 Å². The molecule has 0 aromatic carbocycles. The minimum atomic E-state index is -5.11. The number of esters is 2. The fraction of sp³-hybridized carbons (Fsp3) is 0.860. The van der Waals surface area contributed by atoms with E-state index in [0.717, 1.165) is 64.2 Å². The zero-order chi connectivity index (χ0) is 42.2. The number of phosphoric ester groups is 1. The number of hydrogen-bond acceptors (Lipinski definition) is 12. The molecule has 1 saturated carbocycles. The van der Waals surface area contributed by atoms with E-state index in [4.69, 9.17) is 18.5 Å². The molecule has 6 N–H and O–H groups in total. The molecule has 0 radical (unpaired) electrons. The third kappa shape index (κ3) is 26.9. The van der Waals surface area contributed by atoms with E-state index in [1.807, 2.05) is 0 Å². The van der Waals surface area contributed by atoms with Gasteiger partial charge in [0.05, 0.1) is 6.61 Å². The molecule has 1 rings (SSSR count). The minimum Gasteiger partial charge on any atom is -0.462 e. The quantitative estimate of drug-likeness (QED) is 0.0153. The highest BCUT2D eigenvalue weighted by Crippen LogP contribution is 2.47. The van der Waals surface area contributed by atoms with Gasteiger partial charge in [0.2, 0.25) is 0 Å². The van der Waals surface area contributed by atoms with Crippen LogP contribution in [0.1, 0.15) is 181 Å². The molecule has 0 aromatic rings. The van der Waals surface area contributed by atoms with Gasteiger partial charge in [-0.15, -0.1) is 0 Å². The van der Waals surface area contributed by atoms with Crippen LogP contribution < -0.4 is 0 Å². The monoisotopic (exact) mass is 835 g/mol. The maximum atomic E-state index is 12.8. The van der Waals surface area contributed by atoms with Gasteiger partial charge in [0.15, 0.2) is 6.10 Å². The van der Waals surface area contributed by atoms with Gasteiger partial charge in [-0.1, -0.05) is 154 Å². The van der Waals surface area contributed by atoms with Crippen molar-refractivity contribution in [2.45, 2.75) is 224 Å². The van der Waals surface area contributed by atoms with Crippen molar-refractivity contribution < 1.29 is 63.1 Å². The molecular weight excluding hydrogens is 755 g/mol. The van der Waals surface area contributed by atoms with Gasteiger partial charge in [0, 0.05) is 12.8 Å². The lowest BCUT2D eigenvalue weighted by molar-refractivity contribution is -0.220. The SMILES string of the molecule is CCCC/C=C\C/C=C\CCCCCCCC(=O)OC(COC(=O)CCCCCCCCCCCCCCCC)COP(=O)(O)OC1C(O)C(O)C(O)C(O)C1O. The summed E-state index contributed by atoms with van der Waals surface area (Å²) in [6, 6.07) is 0. The number of aliphatic hydroxyl groups is 5. The van der Waals surface area contributed by atoms with Crippen molar-refractivity contribution >= 4 is 19.8 Å². The molecular formula is C43H79O13P. The molecule has 1 aliphatic rings. The number of rotatable bonds is 36. The molecule has 1 fully saturated rings. The molecule has 0 aliphatic heterocycles. The summed E-state index contributed by atoms with van der Waals surface area (Å²) in [6.45, 7) is 3.24. The first kappa shape index (κ1) is 53.3. The van der Waals surface area contributed by atoms with Crippen LogP contribution in [-0.2, 0) is 32.7 Å². The van der Waals surface area contributed by atoms with E-state index in [9.17, 15) is 44.6 Å². The molecule has 6 atom stereocenters. The number of unbranched alkanes of at least 4 members (excludes halogenated alkanes) is 20. The van der Waals surface area contributed by atoms with Crippen molar-refractivity contribution in [1.29, 1.82) is 0 Å². The van der Waals surface area contributed by atoms with Crippen molar-refractivity contribution in [2.24, 2.45) is 0 Å². The first-order valence-corrected chi connectivity index (χ1v) is 23.6. The average molecular weight is 835 g/mol. The number of carbonyl (C=O) groups is 2. The molecule has 0 aromatic heterocycles. The van der Waals surface area contributed by atoms with Gasteiger partial charge in [-0.2, -0.15) is 0 Å². The lowest BCUT2D eigenvalue weighted by atomic mass is 9.85. The topological polar surface area (TPSA) is 210 Å². The maximum Gasteiger partial charge on any atom is 0.472 e. The standard InChI is InChI=1S/C43H79O13P/c1-3-5-7-9-11-13-15-17-19-21-23-25-27-29-31-36(44)53-33-35(34-54-57(51,52)56-43-41(49)39(47)38(46)40(48)42(43)50)55-37(45)32-30-28-26-24-22-20-18-16-14-12-10-8-6-4-2/h10,12,16,18,35,38-43,46-50H,3-9,11,13-15,17,19-34H2,1-2H3,(H,51,52)/b12-10-,18-16-. The Kier molecular flexibility index (Phi) is 31.9. The Bertz CT molecular complexity index is 1100. The van der Waals surface area contributed by atoms with E-state index < -0.39 is 75.7 Å². The van der Waals surface area contributed by atoms with E-state index in [1.165, 1.54) is 77.0 Å². The van der Waals surface area contributed by atoms with Crippen LogP contribution in [0.25, 0.3) is 0 Å². The van der Waals surface area contributed by atoms with E-state index in [0.29, 0.717) is 12.8 Å². The van der Waals surface area contributed by atoms with Gasteiger partial charge in [-0.3, -0.25) is 18.6 Å². The summed E-state index contributed by atoms with van der Waals surface area (Å²) in [5, 5.41) is 50.1. The van der Waals surface area contributed by atoms with Crippen LogP contribution in [0.5, 0.6) is 0 Å². The van der Waals surface area contributed by atoms with Crippen LogP contribution in [-0.4, -0.2) is 98.3 Å². The molecule has 0 bridgehead atoms. The second kappa shape index (κ2) is 34.1. The van der Waals surface area contributed by atoms with Crippen LogP contribution in [0.3, 0.4) is 0 Å². The normalized spacial score (nSPS) is 22.9. The summed E-state index contributed by atoms with van der Waals surface area (Å²) in [5.74, 6) is -1.11. The fourth-order valence-electron chi connectivity index (χ4n) is 6.66. The van der Waals surface area contributed by atoms with Crippen molar-refractivity contribution in [3.63, 3.8) is 0 Å². The van der Waals surface area contributed by atoms with Crippen molar-refractivity contribution in [2.75, 3.05) is 13.2 Å². The molecule has 0 saturated heterocycles. The van der Waals surface area contributed by atoms with Gasteiger partial charge in [-0.25, -0.2) is 4.57 Å². The predicted octanol–water partition coefficient (Wildman–Crippen LogP) is 8.06. The second-order valence-corrected chi connectivity index (χ2v) is 17.0. The molecule has 0 spiro atoms. The second-order valence-electron chi connectivity index (χ2n) is 15.6. The third-order valence-corrected chi connectivity index (χ3v) is 11.3. The molecule has 334 valence electrons. The lowest BCUT2D eigenvalue weighted by Crippen LogP contribution is -2.64. The molecule has 0 amide bonds. The lowest BCUT2D eigenvalue weighted by Gasteiger charge is -2.41. The van der Waals surface area contributed by atoms with Crippen LogP contribution in [0.2, 0.25) is 0 Å². The number of carbonyl (C=O) groups excluding carboxylic acids is 2. The van der Waals surface area contributed by atoms with Gasteiger partial charge in [0.1, 0.15) is 43.2 Å². The number of aliphatic hydroxyl groups excluding tert-OH is 5. The van der Waals surface area contributed by atoms with E-state index >= 15 is 0 Å². The van der Waals surface area contributed by atoms with Crippen LogP contribution >= 0.6 is 7.82 Å². The Hall–Kier alpha value is -1.67. The van der Waals surface area contributed by atoms with Crippen LogP contribution in [0.4, 0.5) is 0 Å². The summed E-state index contributed by atoms with van der Waals surface area (Å²) in [4.78, 5) is 35.6. The highest BCUT2D eigenvalue weighted by Gasteiger charge is 2.51. The Labute approximate surface area is 343 Å². The smallest absolute Gasteiger partial charge is 0.462 e. The summed E-state index contributed by atoms with van der Waals surface area (Å²) < 4.78 is 33.5. The number of phosphoric acid groups is 1. The highest BCUT2D eigenvalue weighted by molar-refractivity contribution is 7.47. The van der Waals surface area contributed by atoms with E-state index in [2.05, 4.69) is 38.2 Å². The largest absolute Gasteiger partial charge is 0.472 e. The predicted molar refractivity (Wildman–Crippen MR) is 221 cm³/mol. The highest BCUT2D eigenvalue weighted by atomic mass is 31.2. The summed E-state index contributed by atoms with van der Waals surface area (Å²) in [5.41, 5.74) is 0. The fourth-order valence-corrected chi connectivity index (χ4v) is 7.63. The van der Waals surface area contributed by atoms with Gasteiger partial charge in [0.25, 0.3) is 0 Å². The first-order valence-electron chi connectivity index (χ1n) is 22.1. The van der Waals surface area contributed by atoms with Crippen molar-refractivity contribution in [3.8, 4) is 0 Å². The molecule has 1 aliphatic carbocycles. The van der Waals surface area contributed by atoms with Gasteiger partial charge < -0.3 is 39.9 Å². The maximum absolute atomic E-state index is 12.8. The molecule has 13 nitrogen and oxygen atoms in total. The minimum absolute atomic E-state index is 0.0829. The Morgan fingerprint density at radius 2 is 0.965 bits per heavy atom. The summed E-state index contributed by atoms with van der Waals surface area (Å²) >= 11 is 0. The Morgan fingerprint density at radius 3 is 1.47 bits per heavy atom. The van der Waals surface area contributed by atoms with Crippen LogP contribution in [0, 0.1) is 0 Å². The third-order valence-electron chi connectivity index (χ3n) is 10.3. The Morgan fingerprint density at radius 1 is 0.544 bits per heavy atom. The first-order chi connectivity index (χ1) is 27.4.